The van der Waals surface area contributed by atoms with Gasteiger partial charge in [-0.25, -0.2) is 4.79 Å². The molecule has 0 unspecified atom stereocenters. The van der Waals surface area contributed by atoms with E-state index in [9.17, 15) is 4.79 Å². The summed E-state index contributed by atoms with van der Waals surface area (Å²) in [6, 6.07) is 8.35. The molecule has 0 aromatic heterocycles. The first-order valence-corrected chi connectivity index (χ1v) is 8.54. The zero-order valence-corrected chi connectivity index (χ0v) is 13.6. The molecule has 0 heterocycles. The molecule has 2 rings (SSSR count). The number of urea groups is 1. The molecule has 0 bridgehead atoms. The van der Waals surface area contributed by atoms with Crippen molar-refractivity contribution in [2.45, 2.75) is 57.9 Å². The van der Waals surface area contributed by atoms with Gasteiger partial charge in [0.25, 0.3) is 0 Å². The van der Waals surface area contributed by atoms with Crippen LogP contribution in [0.1, 0.15) is 51.0 Å². The minimum atomic E-state index is -0.0715. The smallest absolute Gasteiger partial charge is 0.315 e. The average Bonchev–Trinajstić information content (AvgIpc) is 2.80. The Morgan fingerprint density at radius 1 is 1.23 bits per heavy atom. The Labute approximate surface area is 133 Å². The fraction of sp³-hybridized carbons (Fsp3) is 0.611. The zero-order valence-electron chi connectivity index (χ0n) is 13.6. The number of rotatable bonds is 6. The van der Waals surface area contributed by atoms with Crippen LogP contribution in [0.5, 0.6) is 5.75 Å². The Morgan fingerprint density at radius 3 is 2.73 bits per heavy atom. The molecule has 1 aliphatic rings. The van der Waals surface area contributed by atoms with Crippen molar-refractivity contribution in [3.05, 3.63) is 29.8 Å². The molecule has 0 atom stereocenters. The predicted octanol–water partition coefficient (Wildman–Crippen LogP) is 3.65. The van der Waals surface area contributed by atoms with Crippen LogP contribution in [0.3, 0.4) is 0 Å². The zero-order chi connectivity index (χ0) is 15.6. The van der Waals surface area contributed by atoms with Crippen molar-refractivity contribution in [3.63, 3.8) is 0 Å². The molecular weight excluding hydrogens is 276 g/mol. The summed E-state index contributed by atoms with van der Waals surface area (Å²) in [4.78, 5) is 11.9. The van der Waals surface area contributed by atoms with E-state index in [-0.39, 0.29) is 6.03 Å². The second kappa shape index (κ2) is 9.34. The Morgan fingerprint density at radius 2 is 2.00 bits per heavy atom. The van der Waals surface area contributed by atoms with E-state index in [2.05, 4.69) is 23.6 Å². The fourth-order valence-electron chi connectivity index (χ4n) is 2.85. The first-order valence-electron chi connectivity index (χ1n) is 8.54. The number of carbonyl (C=O) groups is 1. The number of ether oxygens (including phenoxy) is 1. The van der Waals surface area contributed by atoms with E-state index >= 15 is 0 Å². The number of hydrogen-bond acceptors (Lipinski definition) is 2. The molecule has 0 aliphatic heterocycles. The summed E-state index contributed by atoms with van der Waals surface area (Å²) in [7, 11) is 0. The molecular formula is C18H28N2O2. The highest BCUT2D eigenvalue weighted by Gasteiger charge is 2.14. The number of carbonyl (C=O) groups excluding carboxylic acids is 1. The number of hydrogen-bond donors (Lipinski definition) is 2. The topological polar surface area (TPSA) is 50.4 Å². The minimum absolute atomic E-state index is 0.0715. The Balaban J connectivity index is 1.62. The molecule has 0 saturated heterocycles. The van der Waals surface area contributed by atoms with Crippen molar-refractivity contribution >= 4 is 6.03 Å². The number of nitrogens with one attached hydrogen (secondary N) is 2. The van der Waals surface area contributed by atoms with Gasteiger partial charge >= 0.3 is 6.03 Å². The van der Waals surface area contributed by atoms with Crippen molar-refractivity contribution in [1.29, 1.82) is 0 Å². The lowest BCUT2D eigenvalue weighted by Crippen LogP contribution is -2.43. The van der Waals surface area contributed by atoms with Crippen LogP contribution in [-0.4, -0.2) is 25.2 Å². The summed E-state index contributed by atoms with van der Waals surface area (Å²) in [5.74, 6) is 0.866. The Hall–Kier alpha value is -1.71. The molecule has 122 valence electrons. The highest BCUT2D eigenvalue weighted by atomic mass is 16.5. The number of aryl methyl sites for hydroxylation is 1. The number of amides is 2. The average molecular weight is 304 g/mol. The van der Waals surface area contributed by atoms with Gasteiger partial charge in [-0.2, -0.15) is 0 Å². The van der Waals surface area contributed by atoms with E-state index in [1.807, 2.05) is 18.2 Å². The SMILES string of the molecule is CCc1cccc(OCCNC(=O)NC2CCCCCC2)c1. The lowest BCUT2D eigenvalue weighted by atomic mass is 10.1. The minimum Gasteiger partial charge on any atom is -0.492 e. The van der Waals surface area contributed by atoms with Gasteiger partial charge in [0.2, 0.25) is 0 Å². The van der Waals surface area contributed by atoms with Crippen LogP contribution >= 0.6 is 0 Å². The Bertz CT molecular complexity index is 454. The third-order valence-electron chi connectivity index (χ3n) is 4.15. The van der Waals surface area contributed by atoms with E-state index in [0.29, 0.717) is 19.2 Å². The van der Waals surface area contributed by atoms with Crippen LogP contribution in [-0.2, 0) is 6.42 Å². The van der Waals surface area contributed by atoms with E-state index in [1.165, 1.54) is 31.2 Å². The molecule has 1 saturated carbocycles. The van der Waals surface area contributed by atoms with Gasteiger partial charge in [-0.15, -0.1) is 0 Å². The molecule has 2 amide bonds. The van der Waals surface area contributed by atoms with Gasteiger partial charge in [0.05, 0.1) is 6.54 Å². The second-order valence-corrected chi connectivity index (χ2v) is 5.94. The van der Waals surface area contributed by atoms with Crippen LogP contribution in [0.25, 0.3) is 0 Å². The van der Waals surface area contributed by atoms with Crippen LogP contribution < -0.4 is 15.4 Å². The first-order chi connectivity index (χ1) is 10.8. The lowest BCUT2D eigenvalue weighted by molar-refractivity contribution is 0.231. The monoisotopic (exact) mass is 304 g/mol. The molecule has 1 aromatic carbocycles. The van der Waals surface area contributed by atoms with Gasteiger partial charge in [0.15, 0.2) is 0 Å². The van der Waals surface area contributed by atoms with Crippen molar-refractivity contribution in [2.24, 2.45) is 0 Å². The second-order valence-electron chi connectivity index (χ2n) is 5.94. The lowest BCUT2D eigenvalue weighted by Gasteiger charge is -2.16. The van der Waals surface area contributed by atoms with Crippen molar-refractivity contribution < 1.29 is 9.53 Å². The van der Waals surface area contributed by atoms with E-state index in [0.717, 1.165) is 25.0 Å². The molecule has 1 aliphatic carbocycles. The van der Waals surface area contributed by atoms with Crippen molar-refractivity contribution in [3.8, 4) is 5.75 Å². The summed E-state index contributed by atoms with van der Waals surface area (Å²) in [5.41, 5.74) is 1.26. The first kappa shape index (κ1) is 16.7. The van der Waals surface area contributed by atoms with Crippen molar-refractivity contribution in [2.75, 3.05) is 13.2 Å². The van der Waals surface area contributed by atoms with Gasteiger partial charge in [-0.1, -0.05) is 44.7 Å². The van der Waals surface area contributed by atoms with Crippen molar-refractivity contribution in [1.82, 2.24) is 10.6 Å². The summed E-state index contributed by atoms with van der Waals surface area (Å²) in [5, 5.41) is 5.94. The quantitative estimate of drug-likeness (QED) is 0.622. The van der Waals surface area contributed by atoms with Gasteiger partial charge < -0.3 is 15.4 Å². The number of benzene rings is 1. The van der Waals surface area contributed by atoms with E-state index in [4.69, 9.17) is 4.74 Å². The van der Waals surface area contributed by atoms with E-state index in [1.54, 1.807) is 0 Å². The fourth-order valence-corrected chi connectivity index (χ4v) is 2.85. The standard InChI is InChI=1S/C18H28N2O2/c1-2-15-8-7-11-17(14-15)22-13-12-19-18(21)20-16-9-5-3-4-6-10-16/h7-8,11,14,16H,2-6,9-10,12-13H2,1H3,(H2,19,20,21). The predicted molar refractivity (Wildman–Crippen MR) is 89.3 cm³/mol. The molecule has 1 aromatic rings. The normalized spacial score (nSPS) is 15.9. The van der Waals surface area contributed by atoms with Gasteiger partial charge in [0.1, 0.15) is 12.4 Å². The van der Waals surface area contributed by atoms with Crippen LogP contribution in [0.2, 0.25) is 0 Å². The summed E-state index contributed by atoms with van der Waals surface area (Å²) in [6.07, 6.45) is 8.25. The maximum Gasteiger partial charge on any atom is 0.315 e. The maximum absolute atomic E-state index is 11.9. The van der Waals surface area contributed by atoms with Gasteiger partial charge in [-0.3, -0.25) is 0 Å². The molecule has 4 nitrogen and oxygen atoms in total. The molecule has 0 spiro atoms. The van der Waals surface area contributed by atoms with Crippen LogP contribution in [0.15, 0.2) is 24.3 Å². The highest BCUT2D eigenvalue weighted by molar-refractivity contribution is 5.74. The molecule has 4 heteroatoms. The summed E-state index contributed by atoms with van der Waals surface area (Å²) in [6.45, 7) is 3.14. The third kappa shape index (κ3) is 5.96. The summed E-state index contributed by atoms with van der Waals surface area (Å²) < 4.78 is 5.67. The van der Waals surface area contributed by atoms with Gasteiger partial charge in [0, 0.05) is 6.04 Å². The molecule has 0 radical (unpaired) electrons. The van der Waals surface area contributed by atoms with E-state index < -0.39 is 0 Å². The van der Waals surface area contributed by atoms with Crippen LogP contribution in [0.4, 0.5) is 4.79 Å². The Kier molecular flexibility index (Phi) is 7.07. The van der Waals surface area contributed by atoms with Crippen LogP contribution in [0, 0.1) is 0 Å². The maximum atomic E-state index is 11.9. The van der Waals surface area contributed by atoms with Gasteiger partial charge in [-0.05, 0) is 37.0 Å². The molecule has 22 heavy (non-hydrogen) atoms. The third-order valence-corrected chi connectivity index (χ3v) is 4.15. The summed E-state index contributed by atoms with van der Waals surface area (Å²) >= 11 is 0. The molecule has 1 fully saturated rings. The highest BCUT2D eigenvalue weighted by Crippen LogP contribution is 2.17. The largest absolute Gasteiger partial charge is 0.492 e. The molecule has 2 N–H and O–H groups in total.